The summed E-state index contributed by atoms with van der Waals surface area (Å²) < 4.78 is 7.50. The van der Waals surface area contributed by atoms with Gasteiger partial charge < -0.3 is 9.80 Å². The van der Waals surface area contributed by atoms with Gasteiger partial charge in [0.2, 0.25) is 0 Å². The Hall–Kier alpha value is -9.28. The number of hydrogen-bond donors (Lipinski definition) is 0. The van der Waals surface area contributed by atoms with E-state index in [4.69, 9.17) is 9.97 Å². The predicted octanol–water partition coefficient (Wildman–Crippen LogP) is 22.5. The first-order valence-corrected chi connectivity index (χ1v) is 30.0. The highest BCUT2D eigenvalue weighted by Gasteiger charge is 2.20. The number of nitrogens with zero attached hydrogens (tertiary/aromatic N) is 4. The van der Waals surface area contributed by atoms with Gasteiger partial charge in [0.05, 0.1) is 20.4 Å². The molecule has 13 aromatic carbocycles. The van der Waals surface area contributed by atoms with E-state index >= 15 is 0 Å². The second-order valence-corrected chi connectivity index (χ2v) is 24.8. The number of rotatable bonds is 8. The summed E-state index contributed by atoms with van der Waals surface area (Å²) in [5, 5.41) is 17.0. The minimum Gasteiger partial charge on any atom is -0.310 e. The van der Waals surface area contributed by atoms with Crippen LogP contribution in [-0.4, -0.2) is 9.97 Å². The molecule has 0 amide bonds. The molecule has 0 aliphatic rings. The summed E-state index contributed by atoms with van der Waals surface area (Å²) in [5.74, 6) is 0. The van der Waals surface area contributed by atoms with Gasteiger partial charge >= 0.3 is 0 Å². The summed E-state index contributed by atoms with van der Waals surface area (Å²) in [6.07, 6.45) is 0. The first-order chi connectivity index (χ1) is 39.5. The topological polar surface area (TPSA) is 32.3 Å². The lowest BCUT2D eigenvalue weighted by molar-refractivity contribution is 1.29. The van der Waals surface area contributed by atoms with Crippen LogP contribution >= 0.6 is 45.3 Å². The van der Waals surface area contributed by atoms with Crippen LogP contribution in [0.1, 0.15) is 0 Å². The van der Waals surface area contributed by atoms with Gasteiger partial charge in [-0.2, -0.15) is 0 Å². The number of anilines is 6. The molecule has 0 fully saturated rings. The molecule has 0 aliphatic carbocycles. The quantitative estimate of drug-likeness (QED) is 0.142. The number of benzene rings is 13. The smallest absolute Gasteiger partial charge is 0.124 e. The van der Waals surface area contributed by atoms with Crippen LogP contribution in [0.2, 0.25) is 0 Å². The van der Waals surface area contributed by atoms with E-state index in [9.17, 15) is 0 Å². The van der Waals surface area contributed by atoms with Crippen LogP contribution in [0, 0.1) is 0 Å². The summed E-state index contributed by atoms with van der Waals surface area (Å²) in [4.78, 5) is 14.8. The Balaban J connectivity index is 0.757. The van der Waals surface area contributed by atoms with E-state index in [0.29, 0.717) is 0 Å². The fourth-order valence-electron chi connectivity index (χ4n) is 11.8. The van der Waals surface area contributed by atoms with E-state index in [0.717, 1.165) is 66.3 Å². The Morgan fingerprint density at radius 2 is 0.562 bits per heavy atom. The summed E-state index contributed by atoms with van der Waals surface area (Å²) in [6.45, 7) is 0. The zero-order chi connectivity index (χ0) is 52.4. The minimum absolute atomic E-state index is 1.03. The molecule has 4 aromatic heterocycles. The first-order valence-electron chi connectivity index (χ1n) is 26.7. The second kappa shape index (κ2) is 18.1. The maximum atomic E-state index is 4.99. The Morgan fingerprint density at radius 1 is 0.225 bits per heavy atom. The largest absolute Gasteiger partial charge is 0.310 e. The fraction of sp³-hybridized carbons (Fsp3) is 0. The van der Waals surface area contributed by atoms with Crippen molar-refractivity contribution in [1.29, 1.82) is 0 Å². The third-order valence-electron chi connectivity index (χ3n) is 15.8. The zero-order valence-corrected chi connectivity index (χ0v) is 45.9. The van der Waals surface area contributed by atoms with Crippen molar-refractivity contribution in [2.75, 3.05) is 9.80 Å². The van der Waals surface area contributed by atoms with Crippen LogP contribution in [0.15, 0.2) is 255 Å². The molecule has 80 heavy (non-hydrogen) atoms. The van der Waals surface area contributed by atoms with E-state index in [2.05, 4.69) is 265 Å². The molecule has 17 aromatic rings. The monoisotopic (exact) mass is 1090 g/mol. The number of fused-ring (bicyclic) bond motifs is 12. The van der Waals surface area contributed by atoms with Crippen molar-refractivity contribution in [3.63, 3.8) is 0 Å². The number of thiazole rings is 2. The number of para-hydroxylation sites is 2. The fourth-order valence-corrected chi connectivity index (χ4v) is 16.1. The average molecular weight is 1090 g/mol. The lowest BCUT2D eigenvalue weighted by atomic mass is 10.0. The molecule has 4 heterocycles. The maximum Gasteiger partial charge on any atom is 0.124 e. The highest BCUT2D eigenvalue weighted by atomic mass is 32.1. The molecular weight excluding hydrogens is 1050 g/mol. The molecule has 0 N–H and O–H groups in total. The van der Waals surface area contributed by atoms with Gasteiger partial charge in [-0.15, -0.1) is 45.3 Å². The van der Waals surface area contributed by atoms with Crippen molar-refractivity contribution < 1.29 is 0 Å². The van der Waals surface area contributed by atoms with Gasteiger partial charge in [0.15, 0.2) is 0 Å². The highest BCUT2D eigenvalue weighted by Crippen LogP contribution is 2.47. The van der Waals surface area contributed by atoms with Crippen molar-refractivity contribution in [2.24, 2.45) is 0 Å². The summed E-state index contributed by atoms with van der Waals surface area (Å²) in [6, 6.07) is 93.8. The van der Waals surface area contributed by atoms with Crippen LogP contribution < -0.4 is 9.80 Å². The predicted molar refractivity (Wildman–Crippen MR) is 349 cm³/mol. The van der Waals surface area contributed by atoms with Crippen LogP contribution in [0.5, 0.6) is 0 Å². The molecule has 0 spiro atoms. The van der Waals surface area contributed by atoms with Gasteiger partial charge in [0.25, 0.3) is 0 Å². The Kier molecular flexibility index (Phi) is 10.4. The third kappa shape index (κ3) is 7.67. The Morgan fingerprint density at radius 3 is 0.988 bits per heavy atom. The molecule has 0 saturated heterocycles. The van der Waals surface area contributed by atoms with Crippen LogP contribution in [0.4, 0.5) is 34.1 Å². The van der Waals surface area contributed by atoms with Crippen molar-refractivity contribution in [3.8, 4) is 21.1 Å². The normalized spacial score (nSPS) is 12.0. The molecule has 0 saturated carbocycles. The molecule has 374 valence electrons. The summed E-state index contributed by atoms with van der Waals surface area (Å²) in [5.41, 5.74) is 11.0. The lowest BCUT2D eigenvalue weighted by Gasteiger charge is -2.26. The van der Waals surface area contributed by atoms with Gasteiger partial charge in [0, 0.05) is 85.6 Å². The molecule has 0 radical (unpaired) electrons. The number of hydrogen-bond acceptors (Lipinski definition) is 8. The van der Waals surface area contributed by atoms with Crippen molar-refractivity contribution in [1.82, 2.24) is 9.97 Å². The van der Waals surface area contributed by atoms with Crippen molar-refractivity contribution >= 4 is 183 Å². The van der Waals surface area contributed by atoms with Crippen LogP contribution in [-0.2, 0) is 0 Å². The van der Waals surface area contributed by atoms with Crippen LogP contribution in [0.3, 0.4) is 0 Å². The summed E-state index contributed by atoms with van der Waals surface area (Å²) in [7, 11) is 0. The van der Waals surface area contributed by atoms with E-state index < -0.39 is 0 Å². The van der Waals surface area contributed by atoms with Gasteiger partial charge in [0.1, 0.15) is 10.0 Å². The second-order valence-electron chi connectivity index (χ2n) is 20.6. The standard InChI is InChI=1S/C72H42N4S4/c1-3-11-47-35-51-37-55(27-21-49(51)33-45(47)9-1)75(53-23-17-43(18-24-53)71-73-63-13-5-7-15-65(63)79-71)57-29-31-59-61-41-70-62(42-69(61)77-67(59)39-57)60-32-30-58(40-68(60)78-70)76(56-28-22-50-34-46-10-2-4-12-48(46)36-52(50)38-56)54-25-19-44(20-26-54)72-74-64-14-6-8-16-66(64)80-72/h1-42H. The number of thiophene rings is 2. The molecule has 0 atom stereocenters. The Bertz CT molecular complexity index is 4940. The van der Waals surface area contributed by atoms with E-state index in [1.807, 2.05) is 22.7 Å². The van der Waals surface area contributed by atoms with E-state index in [1.54, 1.807) is 22.7 Å². The van der Waals surface area contributed by atoms with Crippen molar-refractivity contribution in [2.45, 2.75) is 0 Å². The average Bonchev–Trinajstić information content (AvgIpc) is 4.43. The SMILES string of the molecule is c1ccc2cc3cc(N(c4ccc(-c5nc6ccccc6s5)cc4)c4ccc5c(c4)sc4cc6c(cc45)sc4cc(N(c5ccc(-c7nc8ccccc8s7)cc5)c5ccc7cc8ccccc8cc7c5)ccc46)ccc3cc2c1. The van der Waals surface area contributed by atoms with Gasteiger partial charge in [-0.25, -0.2) is 9.97 Å². The molecule has 0 unspecified atom stereocenters. The van der Waals surface area contributed by atoms with E-state index in [1.165, 1.54) is 92.8 Å². The minimum atomic E-state index is 1.03. The molecule has 0 bridgehead atoms. The Labute approximate surface area is 475 Å². The molecule has 8 heteroatoms. The van der Waals surface area contributed by atoms with Crippen LogP contribution in [0.25, 0.3) is 125 Å². The van der Waals surface area contributed by atoms with Gasteiger partial charge in [-0.05, 0) is 201 Å². The molecule has 17 rings (SSSR count). The number of aromatic nitrogens is 2. The lowest BCUT2D eigenvalue weighted by Crippen LogP contribution is -2.09. The third-order valence-corrected chi connectivity index (χ3v) is 20.2. The van der Waals surface area contributed by atoms with Gasteiger partial charge in [-0.1, -0.05) is 97.1 Å². The van der Waals surface area contributed by atoms with Crippen molar-refractivity contribution in [3.05, 3.63) is 255 Å². The molecule has 0 aliphatic heterocycles. The van der Waals surface area contributed by atoms with E-state index in [-0.39, 0.29) is 0 Å². The maximum absolute atomic E-state index is 4.99. The molecular formula is C72H42N4S4. The van der Waals surface area contributed by atoms with Gasteiger partial charge in [-0.3, -0.25) is 0 Å². The first kappa shape index (κ1) is 45.7. The highest BCUT2D eigenvalue weighted by molar-refractivity contribution is 7.27. The zero-order valence-electron chi connectivity index (χ0n) is 42.7. The summed E-state index contributed by atoms with van der Waals surface area (Å²) >= 11 is 7.24. The molecule has 4 nitrogen and oxygen atoms in total.